The largest absolute Gasteiger partial charge is 0.768 e. The second-order valence-corrected chi connectivity index (χ2v) is 4.04. The van der Waals surface area contributed by atoms with E-state index >= 15 is 0 Å². The molecule has 0 heterocycles. The molecule has 2 nitrogen and oxygen atoms in total. The molecule has 0 saturated heterocycles. The Morgan fingerprint density at radius 1 is 1.55 bits per heavy atom. The second-order valence-electron chi connectivity index (χ2n) is 1.81. The van der Waals surface area contributed by atoms with Crippen LogP contribution in [0.4, 0.5) is 0 Å². The molecule has 5 heteroatoms. The highest BCUT2D eigenvalue weighted by Crippen LogP contribution is 2.22. The third kappa shape index (κ3) is 2.27. The van der Waals surface area contributed by atoms with E-state index in [0.29, 0.717) is 0 Å². The van der Waals surface area contributed by atoms with Crippen molar-refractivity contribution in [2.45, 2.75) is 4.90 Å². The molecule has 1 aromatic carbocycles. The van der Waals surface area contributed by atoms with Crippen molar-refractivity contribution in [1.29, 1.82) is 0 Å². The predicted octanol–water partition coefficient (Wildman–Crippen LogP) is 2.34. The molecule has 11 heavy (non-hydrogen) atoms. The highest BCUT2D eigenvalue weighted by atomic mass is 79.9. The van der Waals surface area contributed by atoms with E-state index in [0.717, 1.165) is 4.47 Å². The maximum absolute atomic E-state index is 10.4. The Hall–Kier alpha value is 0.1000. The van der Waals surface area contributed by atoms with E-state index in [9.17, 15) is 8.76 Å². The van der Waals surface area contributed by atoms with E-state index < -0.39 is 11.1 Å². The van der Waals surface area contributed by atoms with Gasteiger partial charge in [-0.15, -0.1) is 0 Å². The Kier molecular flexibility index (Phi) is 3.06. The van der Waals surface area contributed by atoms with Gasteiger partial charge in [-0.2, -0.15) is 0 Å². The van der Waals surface area contributed by atoms with Gasteiger partial charge in [-0.05, 0) is 29.3 Å². The minimum atomic E-state index is -2.25. The molecule has 0 N–H and O–H groups in total. The third-order valence-corrected chi connectivity index (χ3v) is 2.71. The van der Waals surface area contributed by atoms with E-state index in [4.69, 9.17) is 11.6 Å². The molecular weight excluding hydrogens is 251 g/mol. The van der Waals surface area contributed by atoms with Crippen LogP contribution in [0.3, 0.4) is 0 Å². The fourth-order valence-electron chi connectivity index (χ4n) is 0.610. The van der Waals surface area contributed by atoms with E-state index in [1.54, 1.807) is 6.07 Å². The van der Waals surface area contributed by atoms with E-state index in [2.05, 4.69) is 15.9 Å². The molecule has 0 radical (unpaired) electrons. The fourth-order valence-corrected chi connectivity index (χ4v) is 1.87. The van der Waals surface area contributed by atoms with Crippen LogP contribution in [0.15, 0.2) is 27.6 Å². The van der Waals surface area contributed by atoms with Crippen LogP contribution in [-0.2, 0) is 11.1 Å². The van der Waals surface area contributed by atoms with Crippen LogP contribution in [0.1, 0.15) is 0 Å². The van der Waals surface area contributed by atoms with Gasteiger partial charge in [0.1, 0.15) is 0 Å². The molecule has 0 aliphatic heterocycles. The van der Waals surface area contributed by atoms with Crippen molar-refractivity contribution in [2.75, 3.05) is 0 Å². The molecule has 1 atom stereocenters. The smallest absolute Gasteiger partial charge is 0.0567 e. The van der Waals surface area contributed by atoms with Crippen LogP contribution in [-0.4, -0.2) is 8.76 Å². The average Bonchev–Trinajstić information content (AvgIpc) is 1.85. The SMILES string of the molecule is O=S([O-])c1ccc(Br)cc1Cl. The van der Waals surface area contributed by atoms with Crippen molar-refractivity contribution >= 4 is 38.6 Å². The first kappa shape index (κ1) is 9.19. The number of hydrogen-bond donors (Lipinski definition) is 0. The van der Waals surface area contributed by atoms with E-state index in [1.807, 2.05) is 0 Å². The van der Waals surface area contributed by atoms with Gasteiger partial charge in [0.25, 0.3) is 0 Å². The van der Waals surface area contributed by atoms with Crippen LogP contribution in [0, 0.1) is 0 Å². The summed E-state index contributed by atoms with van der Waals surface area (Å²) in [6.07, 6.45) is 0. The number of rotatable bonds is 1. The maximum atomic E-state index is 10.4. The molecule has 0 spiro atoms. The summed E-state index contributed by atoms with van der Waals surface area (Å²) in [4.78, 5) is 0.120. The van der Waals surface area contributed by atoms with E-state index in [-0.39, 0.29) is 9.92 Å². The van der Waals surface area contributed by atoms with Crippen LogP contribution in [0.5, 0.6) is 0 Å². The summed E-state index contributed by atoms with van der Waals surface area (Å²) in [6.45, 7) is 0. The molecule has 0 aliphatic rings. The molecular formula is C6H3BrClO2S-. The van der Waals surface area contributed by atoms with Crippen LogP contribution in [0.25, 0.3) is 0 Å². The molecule has 0 aliphatic carbocycles. The summed E-state index contributed by atoms with van der Waals surface area (Å²) >= 11 is 6.51. The van der Waals surface area contributed by atoms with Crippen molar-refractivity contribution in [3.8, 4) is 0 Å². The van der Waals surface area contributed by atoms with Gasteiger partial charge < -0.3 is 4.55 Å². The van der Waals surface area contributed by atoms with Gasteiger partial charge in [-0.25, -0.2) is 0 Å². The summed E-state index contributed by atoms with van der Waals surface area (Å²) in [5, 5.41) is 0.229. The zero-order valence-corrected chi connectivity index (χ0v) is 8.37. The zero-order chi connectivity index (χ0) is 8.43. The highest BCUT2D eigenvalue weighted by molar-refractivity contribution is 9.10. The van der Waals surface area contributed by atoms with Crippen LogP contribution < -0.4 is 0 Å². The van der Waals surface area contributed by atoms with Crippen LogP contribution >= 0.6 is 27.5 Å². The summed E-state index contributed by atoms with van der Waals surface area (Å²) in [7, 11) is 0. The van der Waals surface area contributed by atoms with Crippen molar-refractivity contribution in [3.05, 3.63) is 27.7 Å². The van der Waals surface area contributed by atoms with Gasteiger partial charge in [0.2, 0.25) is 0 Å². The Labute approximate surface area is 80.0 Å². The summed E-state index contributed by atoms with van der Waals surface area (Å²) in [5.41, 5.74) is 0. The van der Waals surface area contributed by atoms with Crippen molar-refractivity contribution in [3.63, 3.8) is 0 Å². The van der Waals surface area contributed by atoms with Gasteiger partial charge in [-0.3, -0.25) is 4.21 Å². The zero-order valence-electron chi connectivity index (χ0n) is 5.21. The molecule has 0 aromatic heterocycles. The highest BCUT2D eigenvalue weighted by Gasteiger charge is 1.99. The van der Waals surface area contributed by atoms with E-state index in [1.165, 1.54) is 12.1 Å². The Balaban J connectivity index is 3.20. The predicted molar refractivity (Wildman–Crippen MR) is 46.3 cm³/mol. The quantitative estimate of drug-likeness (QED) is 0.722. The van der Waals surface area contributed by atoms with Gasteiger partial charge in [0.05, 0.1) is 5.02 Å². The summed E-state index contributed by atoms with van der Waals surface area (Å²) in [6, 6.07) is 4.60. The van der Waals surface area contributed by atoms with Gasteiger partial charge >= 0.3 is 0 Å². The Morgan fingerprint density at radius 2 is 2.18 bits per heavy atom. The molecule has 0 bridgehead atoms. The Bertz CT molecular complexity index is 303. The molecule has 1 rings (SSSR count). The minimum absolute atomic E-state index is 0.120. The average molecular weight is 255 g/mol. The van der Waals surface area contributed by atoms with Gasteiger partial charge in [-0.1, -0.05) is 27.5 Å². The first-order chi connectivity index (χ1) is 5.11. The first-order valence-electron chi connectivity index (χ1n) is 2.65. The molecule has 0 fully saturated rings. The minimum Gasteiger partial charge on any atom is -0.768 e. The van der Waals surface area contributed by atoms with Crippen molar-refractivity contribution in [1.82, 2.24) is 0 Å². The third-order valence-electron chi connectivity index (χ3n) is 1.07. The van der Waals surface area contributed by atoms with Crippen molar-refractivity contribution < 1.29 is 8.76 Å². The molecule has 1 aromatic rings. The monoisotopic (exact) mass is 253 g/mol. The Morgan fingerprint density at radius 3 is 2.64 bits per heavy atom. The lowest BCUT2D eigenvalue weighted by Gasteiger charge is -2.06. The lowest BCUT2D eigenvalue weighted by Crippen LogP contribution is -1.88. The topological polar surface area (TPSA) is 40.1 Å². The lowest BCUT2D eigenvalue weighted by atomic mass is 10.4. The molecule has 60 valence electrons. The maximum Gasteiger partial charge on any atom is 0.0567 e. The molecule has 1 unspecified atom stereocenters. The number of benzene rings is 1. The van der Waals surface area contributed by atoms with Gasteiger partial charge in [0.15, 0.2) is 0 Å². The van der Waals surface area contributed by atoms with Gasteiger partial charge in [0, 0.05) is 9.37 Å². The first-order valence-corrected chi connectivity index (χ1v) is 4.90. The summed E-state index contributed by atoms with van der Waals surface area (Å²) in [5.74, 6) is 0. The number of halogens is 2. The lowest BCUT2D eigenvalue weighted by molar-refractivity contribution is 0.537. The van der Waals surface area contributed by atoms with Crippen molar-refractivity contribution in [2.24, 2.45) is 0 Å². The normalized spacial score (nSPS) is 13.0. The molecule has 0 amide bonds. The number of hydrogen-bond acceptors (Lipinski definition) is 2. The van der Waals surface area contributed by atoms with Crippen LogP contribution in [0.2, 0.25) is 5.02 Å². The molecule has 0 saturated carbocycles. The summed E-state index contributed by atoms with van der Waals surface area (Å²) < 4.78 is 21.6. The fraction of sp³-hybridized carbons (Fsp3) is 0. The second kappa shape index (κ2) is 3.67. The standard InChI is InChI=1S/C6H4BrClO2S/c7-4-1-2-6(11(9)10)5(8)3-4/h1-3H,(H,9,10)/p-1.